The Hall–Kier alpha value is -2.08. The first kappa shape index (κ1) is 10.4. The number of nitriles is 1. The zero-order valence-corrected chi connectivity index (χ0v) is 9.38. The van der Waals surface area contributed by atoms with Crippen molar-refractivity contribution >= 4 is 0 Å². The highest BCUT2D eigenvalue weighted by Crippen LogP contribution is 2.20. The molecule has 0 aliphatic carbocycles. The Balaban J connectivity index is 2.60. The van der Waals surface area contributed by atoms with Crippen LogP contribution in [0.5, 0.6) is 0 Å². The molecule has 0 aliphatic heterocycles. The van der Waals surface area contributed by atoms with Gasteiger partial charge in [-0.1, -0.05) is 26.0 Å². The maximum atomic E-state index is 9.06. The van der Waals surface area contributed by atoms with Crippen LogP contribution in [-0.2, 0) is 0 Å². The first-order valence-electron chi connectivity index (χ1n) is 5.27. The molecule has 0 unspecified atom stereocenters. The predicted molar refractivity (Wildman–Crippen MR) is 62.4 cm³/mol. The highest BCUT2D eigenvalue weighted by Gasteiger charge is 2.10. The number of aromatic nitrogens is 2. The summed E-state index contributed by atoms with van der Waals surface area (Å²) in [5, 5.41) is 13.3. The molecule has 0 bridgehead atoms. The van der Waals surface area contributed by atoms with Crippen LogP contribution in [0, 0.1) is 11.3 Å². The first-order chi connectivity index (χ1) is 7.74. The summed E-state index contributed by atoms with van der Waals surface area (Å²) in [5.74, 6) is 0.384. The Bertz CT molecular complexity index is 532. The summed E-state index contributed by atoms with van der Waals surface area (Å²) >= 11 is 0. The van der Waals surface area contributed by atoms with E-state index in [0.29, 0.717) is 11.5 Å². The van der Waals surface area contributed by atoms with Crippen LogP contribution in [0.25, 0.3) is 5.69 Å². The van der Waals surface area contributed by atoms with Crippen molar-refractivity contribution in [3.05, 3.63) is 47.8 Å². The number of rotatable bonds is 2. The van der Waals surface area contributed by atoms with Crippen LogP contribution in [0.2, 0.25) is 0 Å². The lowest BCUT2D eigenvalue weighted by molar-refractivity contribution is 0.733. The zero-order valence-electron chi connectivity index (χ0n) is 9.38. The van der Waals surface area contributed by atoms with Crippen molar-refractivity contribution in [1.29, 1.82) is 5.26 Å². The number of para-hydroxylation sites is 1. The summed E-state index contributed by atoms with van der Waals surface area (Å²) in [6.07, 6.45) is 1.77. The molecular weight excluding hydrogens is 198 g/mol. The van der Waals surface area contributed by atoms with Gasteiger partial charge in [-0.3, -0.25) is 0 Å². The van der Waals surface area contributed by atoms with E-state index in [1.807, 2.05) is 28.9 Å². The first-order valence-corrected chi connectivity index (χ1v) is 5.27. The molecule has 2 rings (SSSR count). The molecule has 0 atom stereocenters. The van der Waals surface area contributed by atoms with Gasteiger partial charge in [0.1, 0.15) is 6.07 Å². The minimum atomic E-state index is 0.384. The molecule has 3 heteroatoms. The van der Waals surface area contributed by atoms with Gasteiger partial charge in [-0.25, -0.2) is 4.68 Å². The summed E-state index contributed by atoms with van der Waals surface area (Å²) in [5.41, 5.74) is 2.61. The highest BCUT2D eigenvalue weighted by molar-refractivity contribution is 5.48. The second kappa shape index (κ2) is 4.19. The van der Waals surface area contributed by atoms with E-state index < -0.39 is 0 Å². The van der Waals surface area contributed by atoms with Crippen molar-refractivity contribution in [1.82, 2.24) is 9.78 Å². The summed E-state index contributed by atoms with van der Waals surface area (Å²) in [7, 11) is 0. The third-order valence-electron chi connectivity index (χ3n) is 2.52. The molecular formula is C13H13N3. The Morgan fingerprint density at radius 3 is 2.69 bits per heavy atom. The van der Waals surface area contributed by atoms with Crippen LogP contribution in [0.3, 0.4) is 0 Å². The van der Waals surface area contributed by atoms with Crippen LogP contribution in [0.1, 0.15) is 31.0 Å². The van der Waals surface area contributed by atoms with Gasteiger partial charge < -0.3 is 0 Å². The Morgan fingerprint density at radius 1 is 1.25 bits per heavy atom. The Morgan fingerprint density at radius 2 is 2.00 bits per heavy atom. The van der Waals surface area contributed by atoms with Crippen LogP contribution in [0.4, 0.5) is 0 Å². The van der Waals surface area contributed by atoms with E-state index in [4.69, 9.17) is 5.26 Å². The van der Waals surface area contributed by atoms with Crippen molar-refractivity contribution in [2.75, 3.05) is 0 Å². The smallest absolute Gasteiger partial charge is 0.101 e. The molecule has 0 N–H and O–H groups in total. The molecule has 0 spiro atoms. The maximum absolute atomic E-state index is 9.06. The number of hydrogen-bond acceptors (Lipinski definition) is 2. The van der Waals surface area contributed by atoms with E-state index in [9.17, 15) is 0 Å². The van der Waals surface area contributed by atoms with E-state index in [2.05, 4.69) is 25.0 Å². The molecule has 3 nitrogen and oxygen atoms in total. The SMILES string of the molecule is CC(C)c1ccnn1-c1ccccc1C#N. The van der Waals surface area contributed by atoms with Crippen molar-refractivity contribution in [2.24, 2.45) is 0 Å². The third kappa shape index (κ3) is 1.70. The lowest BCUT2D eigenvalue weighted by Gasteiger charge is -2.10. The molecule has 0 aliphatic rings. The fourth-order valence-electron chi connectivity index (χ4n) is 1.70. The molecule has 0 saturated heterocycles. The van der Waals surface area contributed by atoms with Gasteiger partial charge in [0.15, 0.2) is 0 Å². The fourth-order valence-corrected chi connectivity index (χ4v) is 1.70. The lowest BCUT2D eigenvalue weighted by Crippen LogP contribution is -2.05. The molecule has 1 aromatic carbocycles. The molecule has 2 aromatic rings. The van der Waals surface area contributed by atoms with Gasteiger partial charge >= 0.3 is 0 Å². The minimum Gasteiger partial charge on any atom is -0.236 e. The predicted octanol–water partition coefficient (Wildman–Crippen LogP) is 2.87. The maximum Gasteiger partial charge on any atom is 0.101 e. The van der Waals surface area contributed by atoms with E-state index in [1.165, 1.54) is 0 Å². The molecule has 1 aromatic heterocycles. The van der Waals surface area contributed by atoms with Crippen LogP contribution in [-0.4, -0.2) is 9.78 Å². The van der Waals surface area contributed by atoms with Crippen LogP contribution < -0.4 is 0 Å². The van der Waals surface area contributed by atoms with Gasteiger partial charge in [-0.15, -0.1) is 0 Å². The summed E-state index contributed by atoms with van der Waals surface area (Å²) < 4.78 is 1.84. The number of benzene rings is 1. The lowest BCUT2D eigenvalue weighted by atomic mass is 10.1. The fraction of sp³-hybridized carbons (Fsp3) is 0.231. The standard InChI is InChI=1S/C13H13N3/c1-10(2)12-7-8-15-16(12)13-6-4-3-5-11(13)9-14/h3-8,10H,1-2H3. The van der Waals surface area contributed by atoms with Crippen molar-refractivity contribution in [3.8, 4) is 11.8 Å². The molecule has 16 heavy (non-hydrogen) atoms. The summed E-state index contributed by atoms with van der Waals surface area (Å²) in [4.78, 5) is 0. The van der Waals surface area contributed by atoms with Gasteiger partial charge in [0, 0.05) is 11.9 Å². The monoisotopic (exact) mass is 211 g/mol. The van der Waals surface area contributed by atoms with E-state index in [1.54, 1.807) is 12.3 Å². The van der Waals surface area contributed by atoms with Gasteiger partial charge in [-0.05, 0) is 24.1 Å². The summed E-state index contributed by atoms with van der Waals surface area (Å²) in [6, 6.07) is 11.7. The minimum absolute atomic E-state index is 0.384. The van der Waals surface area contributed by atoms with Gasteiger partial charge in [0.2, 0.25) is 0 Å². The van der Waals surface area contributed by atoms with Crippen molar-refractivity contribution in [3.63, 3.8) is 0 Å². The molecule has 0 radical (unpaired) electrons. The zero-order chi connectivity index (χ0) is 11.5. The average molecular weight is 211 g/mol. The van der Waals surface area contributed by atoms with Crippen LogP contribution >= 0.6 is 0 Å². The quantitative estimate of drug-likeness (QED) is 0.766. The topological polar surface area (TPSA) is 41.6 Å². The second-order valence-electron chi connectivity index (χ2n) is 3.95. The number of hydrogen-bond donors (Lipinski definition) is 0. The van der Waals surface area contributed by atoms with E-state index >= 15 is 0 Å². The van der Waals surface area contributed by atoms with E-state index in [0.717, 1.165) is 11.4 Å². The molecule has 80 valence electrons. The average Bonchev–Trinajstić information content (AvgIpc) is 2.77. The number of nitrogens with zero attached hydrogens (tertiary/aromatic N) is 3. The summed E-state index contributed by atoms with van der Waals surface area (Å²) in [6.45, 7) is 4.23. The van der Waals surface area contributed by atoms with Gasteiger partial charge in [0.05, 0.1) is 11.3 Å². The molecule has 0 saturated carbocycles. The highest BCUT2D eigenvalue weighted by atomic mass is 15.3. The van der Waals surface area contributed by atoms with Crippen molar-refractivity contribution < 1.29 is 0 Å². The van der Waals surface area contributed by atoms with Gasteiger partial charge in [0.25, 0.3) is 0 Å². The molecule has 1 heterocycles. The normalized spacial score (nSPS) is 10.4. The molecule has 0 fully saturated rings. The Kier molecular flexibility index (Phi) is 2.74. The molecule has 0 amide bonds. The largest absolute Gasteiger partial charge is 0.236 e. The third-order valence-corrected chi connectivity index (χ3v) is 2.52. The van der Waals surface area contributed by atoms with Crippen molar-refractivity contribution in [2.45, 2.75) is 19.8 Å². The Labute approximate surface area is 94.9 Å². The second-order valence-corrected chi connectivity index (χ2v) is 3.95. The van der Waals surface area contributed by atoms with E-state index in [-0.39, 0.29) is 0 Å². The van der Waals surface area contributed by atoms with Gasteiger partial charge in [-0.2, -0.15) is 10.4 Å². The van der Waals surface area contributed by atoms with Crippen LogP contribution in [0.15, 0.2) is 36.5 Å².